The highest BCUT2D eigenvalue weighted by Crippen LogP contribution is 2.76. The molecule has 0 spiro atoms. The highest BCUT2D eigenvalue weighted by molar-refractivity contribution is 6.07. The molecule has 2 N–H and O–H groups in total. The molecule has 0 bridgehead atoms. The number of aliphatic hydroxyl groups is 1. The van der Waals surface area contributed by atoms with Crippen LogP contribution in [-0.2, 0) is 14.4 Å². The number of carbonyl (C=O) groups is 3. The van der Waals surface area contributed by atoms with Gasteiger partial charge in [0.05, 0.1) is 18.1 Å². The zero-order valence-corrected chi connectivity index (χ0v) is 26.0. The zero-order valence-electron chi connectivity index (χ0n) is 26.0. The number of piperazine rings is 1. The van der Waals surface area contributed by atoms with Crippen LogP contribution in [-0.4, -0.2) is 53.3 Å². The van der Waals surface area contributed by atoms with E-state index in [2.05, 4.69) is 53.8 Å². The Bertz CT molecular complexity index is 1170. The first-order valence-electron chi connectivity index (χ1n) is 16.2. The van der Waals surface area contributed by atoms with Crippen LogP contribution in [0.4, 0.5) is 0 Å². The van der Waals surface area contributed by atoms with E-state index in [0.29, 0.717) is 31.3 Å². The van der Waals surface area contributed by atoms with E-state index in [9.17, 15) is 19.5 Å². The maximum Gasteiger partial charge on any atom is 0.239 e. The Hall–Kier alpha value is -1.69. The summed E-state index contributed by atoms with van der Waals surface area (Å²) in [6.45, 7) is 17.5. The smallest absolute Gasteiger partial charge is 0.239 e. The van der Waals surface area contributed by atoms with Gasteiger partial charge in [0.25, 0.3) is 0 Å². The van der Waals surface area contributed by atoms with Crippen LogP contribution in [0.25, 0.3) is 0 Å². The Morgan fingerprint density at radius 1 is 0.925 bits per heavy atom. The van der Waals surface area contributed by atoms with E-state index in [4.69, 9.17) is 0 Å². The third-order valence-corrected chi connectivity index (χ3v) is 14.1. The number of aliphatic hydroxyl groups excluding tert-OH is 1. The van der Waals surface area contributed by atoms with Crippen molar-refractivity contribution >= 4 is 17.6 Å². The molecule has 4 saturated carbocycles. The molecule has 2 amide bonds. The minimum Gasteiger partial charge on any atom is -0.393 e. The largest absolute Gasteiger partial charge is 0.393 e. The van der Waals surface area contributed by atoms with Gasteiger partial charge in [-0.3, -0.25) is 14.4 Å². The lowest BCUT2D eigenvalue weighted by Gasteiger charge is -2.72. The van der Waals surface area contributed by atoms with E-state index in [1.807, 2.05) is 0 Å². The zero-order chi connectivity index (χ0) is 29.0. The van der Waals surface area contributed by atoms with Gasteiger partial charge in [0.1, 0.15) is 0 Å². The quantitative estimate of drug-likeness (QED) is 0.488. The van der Waals surface area contributed by atoms with Crippen LogP contribution in [0.3, 0.4) is 0 Å². The fourth-order valence-corrected chi connectivity index (χ4v) is 12.0. The molecule has 6 rings (SSSR count). The lowest BCUT2D eigenvalue weighted by atomic mass is 9.33. The maximum absolute atomic E-state index is 14.4. The summed E-state index contributed by atoms with van der Waals surface area (Å²) in [5.74, 6) is 1.47. The summed E-state index contributed by atoms with van der Waals surface area (Å²) in [7, 11) is 0. The Morgan fingerprint density at radius 3 is 2.33 bits per heavy atom. The van der Waals surface area contributed by atoms with Gasteiger partial charge in [-0.25, -0.2) is 0 Å². The maximum atomic E-state index is 14.4. The summed E-state index contributed by atoms with van der Waals surface area (Å²) in [4.78, 5) is 42.2. The molecule has 1 saturated heterocycles. The number of hydrogen-bond donors (Lipinski definition) is 2. The van der Waals surface area contributed by atoms with E-state index < -0.39 is 5.41 Å². The van der Waals surface area contributed by atoms with Crippen LogP contribution < -0.4 is 5.32 Å². The van der Waals surface area contributed by atoms with Gasteiger partial charge in [0, 0.05) is 19.5 Å². The third kappa shape index (κ3) is 3.46. The summed E-state index contributed by atoms with van der Waals surface area (Å²) < 4.78 is 0. The molecule has 6 heteroatoms. The van der Waals surface area contributed by atoms with Crippen LogP contribution >= 0.6 is 0 Å². The van der Waals surface area contributed by atoms with Crippen molar-refractivity contribution in [1.82, 2.24) is 10.2 Å². The predicted octanol–water partition coefficient (Wildman–Crippen LogP) is 5.29. The first-order chi connectivity index (χ1) is 18.6. The van der Waals surface area contributed by atoms with Crippen LogP contribution in [0.1, 0.15) is 106 Å². The summed E-state index contributed by atoms with van der Waals surface area (Å²) in [6.07, 6.45) is 8.10. The molecule has 40 heavy (non-hydrogen) atoms. The van der Waals surface area contributed by atoms with Crippen molar-refractivity contribution in [2.45, 2.75) is 112 Å². The predicted molar refractivity (Wildman–Crippen MR) is 155 cm³/mol. The molecular weight excluding hydrogens is 500 g/mol. The van der Waals surface area contributed by atoms with Crippen molar-refractivity contribution in [3.05, 3.63) is 11.1 Å². The number of allylic oxidation sites excluding steroid dienone is 1. The van der Waals surface area contributed by atoms with Gasteiger partial charge >= 0.3 is 0 Å². The number of nitrogens with zero attached hydrogens (tertiary/aromatic N) is 1. The Morgan fingerprint density at radius 2 is 1.65 bits per heavy atom. The van der Waals surface area contributed by atoms with Gasteiger partial charge in [0.15, 0.2) is 5.78 Å². The number of hydrogen-bond acceptors (Lipinski definition) is 4. The Kier molecular flexibility index (Phi) is 6.33. The van der Waals surface area contributed by atoms with E-state index in [0.717, 1.165) is 50.5 Å². The summed E-state index contributed by atoms with van der Waals surface area (Å²) in [6, 6.07) is 0. The minimum absolute atomic E-state index is 0.00719. The minimum atomic E-state index is -0.778. The number of nitrogens with one attached hydrogen (secondary N) is 1. The van der Waals surface area contributed by atoms with E-state index >= 15 is 0 Å². The standard InChI is InChI=1S/C34H52N2O4/c1-20(2)27-22(37)18-34(29(40)36-17-16-35-26(39)19-36)15-14-32(6)21(28(27)34)8-9-24-31(5)12-11-25(38)30(3,4)23(31)10-13-33(24,32)7/h20-21,23-25,38H,8-19H2,1-7H3,(H,35,39)/t21-,23+,24-,25+,31+,32-,33-,34-/m1/s1. The molecule has 5 aliphatic carbocycles. The van der Waals surface area contributed by atoms with Crippen molar-refractivity contribution in [3.8, 4) is 0 Å². The molecule has 0 aromatic carbocycles. The third-order valence-electron chi connectivity index (χ3n) is 14.1. The first-order valence-corrected chi connectivity index (χ1v) is 16.2. The molecule has 6 nitrogen and oxygen atoms in total. The molecule has 5 fully saturated rings. The number of amides is 2. The van der Waals surface area contributed by atoms with Crippen molar-refractivity contribution in [1.29, 1.82) is 0 Å². The summed E-state index contributed by atoms with van der Waals surface area (Å²) >= 11 is 0. The van der Waals surface area contributed by atoms with E-state index in [-0.39, 0.29) is 70.2 Å². The summed E-state index contributed by atoms with van der Waals surface area (Å²) in [5.41, 5.74) is 1.55. The summed E-state index contributed by atoms with van der Waals surface area (Å²) in [5, 5.41) is 13.9. The average molecular weight is 553 g/mol. The van der Waals surface area contributed by atoms with Gasteiger partial charge in [-0.1, -0.05) is 48.5 Å². The van der Waals surface area contributed by atoms with Gasteiger partial charge in [0.2, 0.25) is 11.8 Å². The normalized spacial score (nSPS) is 46.4. The molecule has 222 valence electrons. The number of rotatable bonds is 2. The number of fused-ring (bicyclic) bond motifs is 7. The van der Waals surface area contributed by atoms with Crippen LogP contribution in [0.15, 0.2) is 11.1 Å². The Labute approximate surface area is 241 Å². The highest BCUT2D eigenvalue weighted by atomic mass is 16.3. The molecular formula is C34H52N2O4. The second-order valence-electron chi connectivity index (χ2n) is 16.2. The van der Waals surface area contributed by atoms with Crippen molar-refractivity contribution in [2.24, 2.45) is 50.7 Å². The van der Waals surface area contributed by atoms with Crippen molar-refractivity contribution in [3.63, 3.8) is 0 Å². The average Bonchev–Trinajstić information content (AvgIpc) is 3.19. The van der Waals surface area contributed by atoms with E-state index in [1.165, 1.54) is 5.57 Å². The topological polar surface area (TPSA) is 86.7 Å². The highest BCUT2D eigenvalue weighted by Gasteiger charge is 2.71. The Balaban J connectivity index is 1.43. The molecule has 1 aliphatic heterocycles. The van der Waals surface area contributed by atoms with Gasteiger partial charge in [-0.05, 0) is 108 Å². The molecule has 0 aromatic rings. The second-order valence-corrected chi connectivity index (χ2v) is 16.2. The number of Topliss-reactive ketones (excluding diaryl/α,β-unsaturated/α-hetero) is 1. The molecule has 0 aromatic heterocycles. The van der Waals surface area contributed by atoms with Crippen LogP contribution in [0.2, 0.25) is 0 Å². The first kappa shape index (κ1) is 28.4. The van der Waals surface area contributed by atoms with Crippen LogP contribution in [0.5, 0.6) is 0 Å². The lowest BCUT2D eigenvalue weighted by Crippen LogP contribution is -2.66. The van der Waals surface area contributed by atoms with E-state index in [1.54, 1.807) is 4.90 Å². The van der Waals surface area contributed by atoms with Crippen molar-refractivity contribution in [2.75, 3.05) is 19.6 Å². The fraction of sp³-hybridized carbons (Fsp3) is 0.853. The van der Waals surface area contributed by atoms with Gasteiger partial charge in [-0.15, -0.1) is 0 Å². The molecule has 6 aliphatic rings. The van der Waals surface area contributed by atoms with Crippen LogP contribution in [0, 0.1) is 50.7 Å². The van der Waals surface area contributed by atoms with Crippen molar-refractivity contribution < 1.29 is 19.5 Å². The van der Waals surface area contributed by atoms with Gasteiger partial charge < -0.3 is 15.3 Å². The molecule has 0 radical (unpaired) electrons. The molecule has 0 unspecified atom stereocenters. The molecule has 8 atom stereocenters. The second kappa shape index (κ2) is 8.91. The fourth-order valence-electron chi connectivity index (χ4n) is 12.0. The van der Waals surface area contributed by atoms with Gasteiger partial charge in [-0.2, -0.15) is 0 Å². The number of carbonyl (C=O) groups excluding carboxylic acids is 3. The lowest BCUT2D eigenvalue weighted by molar-refractivity contribution is -0.228. The SMILES string of the molecule is CC(C)C1=C2[C@H]3CC[C@@H]4[C@@]5(C)CC[C@H](O)C(C)(C)[C@@H]5CC[C@@]4(C)[C@]3(C)CC[C@@]2(C(=O)N2CCNC(=O)C2)CC1=O. The molecule has 1 heterocycles. The number of ketones is 1. The monoisotopic (exact) mass is 552 g/mol.